The van der Waals surface area contributed by atoms with Gasteiger partial charge in [0.1, 0.15) is 9.71 Å². The second kappa shape index (κ2) is 5.14. The van der Waals surface area contributed by atoms with E-state index in [-0.39, 0.29) is 5.91 Å². The SMILES string of the molecule is Cc1cccc(NC(=O)c2sc3nnccc3c2N)c1C. The number of nitrogens with zero attached hydrogens (tertiary/aromatic N) is 2. The molecule has 0 aliphatic rings. The van der Waals surface area contributed by atoms with E-state index in [0.29, 0.717) is 15.4 Å². The molecule has 0 radical (unpaired) electrons. The molecule has 3 N–H and O–H groups in total. The predicted octanol–water partition coefficient (Wildman–Crippen LogP) is 3.14. The second-order valence-electron chi connectivity index (χ2n) is 4.80. The molecule has 21 heavy (non-hydrogen) atoms. The molecule has 0 saturated carbocycles. The Labute approximate surface area is 125 Å². The molecule has 0 fully saturated rings. The summed E-state index contributed by atoms with van der Waals surface area (Å²) >= 11 is 1.25. The van der Waals surface area contributed by atoms with Gasteiger partial charge >= 0.3 is 0 Å². The zero-order chi connectivity index (χ0) is 15.0. The lowest BCUT2D eigenvalue weighted by Gasteiger charge is -2.09. The number of hydrogen-bond acceptors (Lipinski definition) is 5. The van der Waals surface area contributed by atoms with Gasteiger partial charge in [-0.2, -0.15) is 5.10 Å². The molecule has 1 aromatic carbocycles. The van der Waals surface area contributed by atoms with Crippen molar-refractivity contribution < 1.29 is 4.79 Å². The maximum atomic E-state index is 12.4. The van der Waals surface area contributed by atoms with Crippen molar-refractivity contribution in [3.05, 3.63) is 46.5 Å². The van der Waals surface area contributed by atoms with Gasteiger partial charge in [-0.25, -0.2) is 0 Å². The number of fused-ring (bicyclic) bond motifs is 1. The average Bonchev–Trinajstić information content (AvgIpc) is 2.82. The van der Waals surface area contributed by atoms with Crippen molar-refractivity contribution in [2.24, 2.45) is 0 Å². The van der Waals surface area contributed by atoms with E-state index in [1.165, 1.54) is 11.3 Å². The fourth-order valence-corrected chi connectivity index (χ4v) is 3.04. The Morgan fingerprint density at radius 2 is 2.10 bits per heavy atom. The number of anilines is 2. The van der Waals surface area contributed by atoms with E-state index in [2.05, 4.69) is 15.5 Å². The van der Waals surface area contributed by atoms with E-state index in [4.69, 9.17) is 5.73 Å². The van der Waals surface area contributed by atoms with Gasteiger partial charge in [-0.3, -0.25) is 4.79 Å². The van der Waals surface area contributed by atoms with Crippen molar-refractivity contribution >= 4 is 38.8 Å². The highest BCUT2D eigenvalue weighted by Gasteiger charge is 2.18. The zero-order valence-electron chi connectivity index (χ0n) is 11.7. The highest BCUT2D eigenvalue weighted by molar-refractivity contribution is 7.21. The van der Waals surface area contributed by atoms with Gasteiger partial charge in [0.25, 0.3) is 5.91 Å². The van der Waals surface area contributed by atoms with Gasteiger partial charge in [0, 0.05) is 11.1 Å². The first-order valence-electron chi connectivity index (χ1n) is 6.45. The first-order chi connectivity index (χ1) is 10.1. The maximum Gasteiger partial charge on any atom is 0.267 e. The molecular weight excluding hydrogens is 284 g/mol. The predicted molar refractivity (Wildman–Crippen MR) is 85.7 cm³/mol. The molecule has 2 aromatic heterocycles. The number of nitrogens with one attached hydrogen (secondary N) is 1. The number of carbonyl (C=O) groups excluding carboxylic acids is 1. The summed E-state index contributed by atoms with van der Waals surface area (Å²) in [5.74, 6) is -0.218. The van der Waals surface area contributed by atoms with Gasteiger partial charge in [-0.15, -0.1) is 16.4 Å². The van der Waals surface area contributed by atoms with E-state index in [0.717, 1.165) is 22.2 Å². The molecule has 106 valence electrons. The van der Waals surface area contributed by atoms with Crippen LogP contribution in [-0.4, -0.2) is 16.1 Å². The van der Waals surface area contributed by atoms with Crippen molar-refractivity contribution in [1.82, 2.24) is 10.2 Å². The summed E-state index contributed by atoms with van der Waals surface area (Å²) in [5, 5.41) is 11.5. The molecule has 0 saturated heterocycles. The number of nitrogen functional groups attached to an aromatic ring is 1. The van der Waals surface area contributed by atoms with E-state index in [1.54, 1.807) is 12.3 Å². The largest absolute Gasteiger partial charge is 0.397 e. The van der Waals surface area contributed by atoms with Gasteiger partial charge in [0.15, 0.2) is 0 Å². The molecule has 0 bridgehead atoms. The molecule has 0 aliphatic heterocycles. The molecule has 3 rings (SSSR count). The first-order valence-corrected chi connectivity index (χ1v) is 7.27. The van der Waals surface area contributed by atoms with Crippen LogP contribution in [0.3, 0.4) is 0 Å². The molecule has 1 amide bonds. The van der Waals surface area contributed by atoms with Crippen LogP contribution in [0.15, 0.2) is 30.5 Å². The average molecular weight is 298 g/mol. The summed E-state index contributed by atoms with van der Waals surface area (Å²) in [4.78, 5) is 13.6. The minimum Gasteiger partial charge on any atom is -0.397 e. The minimum absolute atomic E-state index is 0.218. The lowest BCUT2D eigenvalue weighted by atomic mass is 10.1. The van der Waals surface area contributed by atoms with Crippen LogP contribution in [0.1, 0.15) is 20.8 Å². The molecular formula is C15H14N4OS. The molecule has 0 unspecified atom stereocenters. The van der Waals surface area contributed by atoms with Crippen LogP contribution in [0.5, 0.6) is 0 Å². The normalized spacial score (nSPS) is 10.8. The Kier molecular flexibility index (Phi) is 3.31. The number of hydrogen-bond donors (Lipinski definition) is 2. The fraction of sp³-hybridized carbons (Fsp3) is 0.133. The molecule has 0 spiro atoms. The van der Waals surface area contributed by atoms with Gasteiger partial charge < -0.3 is 11.1 Å². The summed E-state index contributed by atoms with van der Waals surface area (Å²) in [5.41, 5.74) is 9.46. The third-order valence-electron chi connectivity index (χ3n) is 3.48. The fourth-order valence-electron chi connectivity index (χ4n) is 2.11. The Bertz CT molecular complexity index is 841. The van der Waals surface area contributed by atoms with Gasteiger partial charge in [-0.05, 0) is 37.1 Å². The number of thiophene rings is 1. The Morgan fingerprint density at radius 1 is 1.29 bits per heavy atom. The number of carbonyl (C=O) groups is 1. The summed E-state index contributed by atoms with van der Waals surface area (Å²) in [7, 11) is 0. The lowest BCUT2D eigenvalue weighted by molar-refractivity contribution is 0.103. The molecule has 6 heteroatoms. The summed E-state index contributed by atoms with van der Waals surface area (Å²) < 4.78 is 0. The van der Waals surface area contributed by atoms with E-state index in [1.807, 2.05) is 32.0 Å². The number of benzene rings is 1. The third kappa shape index (κ3) is 2.34. The topological polar surface area (TPSA) is 80.9 Å². The van der Waals surface area contributed by atoms with Crippen LogP contribution in [0.25, 0.3) is 10.2 Å². The van der Waals surface area contributed by atoms with Crippen LogP contribution in [0.2, 0.25) is 0 Å². The molecule has 5 nitrogen and oxygen atoms in total. The molecule has 2 heterocycles. The highest BCUT2D eigenvalue weighted by atomic mass is 32.1. The third-order valence-corrected chi connectivity index (χ3v) is 4.58. The molecule has 3 aromatic rings. The van der Waals surface area contributed by atoms with Crippen LogP contribution >= 0.6 is 11.3 Å². The van der Waals surface area contributed by atoms with Crippen molar-refractivity contribution in [3.63, 3.8) is 0 Å². The van der Waals surface area contributed by atoms with Crippen molar-refractivity contribution in [3.8, 4) is 0 Å². The Morgan fingerprint density at radius 3 is 2.86 bits per heavy atom. The Hall–Kier alpha value is -2.47. The van der Waals surface area contributed by atoms with Crippen LogP contribution in [0.4, 0.5) is 11.4 Å². The van der Waals surface area contributed by atoms with Crippen molar-refractivity contribution in [2.45, 2.75) is 13.8 Å². The lowest BCUT2D eigenvalue weighted by Crippen LogP contribution is -2.13. The maximum absolute atomic E-state index is 12.4. The molecule has 0 aliphatic carbocycles. The second-order valence-corrected chi connectivity index (χ2v) is 5.80. The van der Waals surface area contributed by atoms with Gasteiger partial charge in [-0.1, -0.05) is 12.1 Å². The Balaban J connectivity index is 1.97. The standard InChI is InChI=1S/C15H14N4OS/c1-8-4-3-5-11(9(8)2)18-14(20)13-12(16)10-6-7-17-19-15(10)21-13/h3-7H,16H2,1-2H3,(H,18,20). The van der Waals surface area contributed by atoms with Crippen LogP contribution in [-0.2, 0) is 0 Å². The molecule has 0 atom stereocenters. The number of amides is 1. The van der Waals surface area contributed by atoms with Gasteiger partial charge in [0.05, 0.1) is 11.9 Å². The smallest absolute Gasteiger partial charge is 0.267 e. The quantitative estimate of drug-likeness (QED) is 0.761. The van der Waals surface area contributed by atoms with E-state index >= 15 is 0 Å². The zero-order valence-corrected chi connectivity index (χ0v) is 12.5. The number of aromatic nitrogens is 2. The van der Waals surface area contributed by atoms with E-state index in [9.17, 15) is 4.79 Å². The van der Waals surface area contributed by atoms with Crippen molar-refractivity contribution in [1.29, 1.82) is 0 Å². The van der Waals surface area contributed by atoms with Crippen LogP contribution < -0.4 is 11.1 Å². The summed E-state index contributed by atoms with van der Waals surface area (Å²) in [6.07, 6.45) is 1.57. The first kappa shape index (κ1) is 13.5. The number of nitrogens with two attached hydrogens (primary N) is 1. The van der Waals surface area contributed by atoms with Gasteiger partial charge in [0.2, 0.25) is 0 Å². The number of rotatable bonds is 2. The summed E-state index contributed by atoms with van der Waals surface area (Å²) in [6, 6.07) is 7.57. The van der Waals surface area contributed by atoms with Crippen molar-refractivity contribution in [2.75, 3.05) is 11.1 Å². The number of aryl methyl sites for hydroxylation is 1. The van der Waals surface area contributed by atoms with Crippen LogP contribution in [0, 0.1) is 13.8 Å². The van der Waals surface area contributed by atoms with E-state index < -0.39 is 0 Å². The highest BCUT2D eigenvalue weighted by Crippen LogP contribution is 2.32. The summed E-state index contributed by atoms with van der Waals surface area (Å²) in [6.45, 7) is 3.99. The minimum atomic E-state index is -0.218. The monoisotopic (exact) mass is 298 g/mol.